The molecule has 0 radical (unpaired) electrons. The normalized spacial score (nSPS) is 10.9. The number of hydrogen-bond acceptors (Lipinski definition) is 5. The average Bonchev–Trinajstić information content (AvgIpc) is 3.21. The van der Waals surface area contributed by atoms with Crippen molar-refractivity contribution in [2.24, 2.45) is 0 Å². The second-order valence-corrected chi connectivity index (χ2v) is 5.30. The lowest BCUT2D eigenvalue weighted by Crippen LogP contribution is -2.14. The molecule has 0 saturated carbocycles. The lowest BCUT2D eigenvalue weighted by Gasteiger charge is -2.01. The number of anilines is 1. The van der Waals surface area contributed by atoms with Gasteiger partial charge in [0, 0.05) is 18.5 Å². The van der Waals surface area contributed by atoms with Crippen molar-refractivity contribution in [1.29, 1.82) is 0 Å². The zero-order valence-corrected chi connectivity index (χ0v) is 12.9. The van der Waals surface area contributed by atoms with E-state index >= 15 is 0 Å². The molecule has 0 saturated heterocycles. The van der Waals surface area contributed by atoms with Gasteiger partial charge in [0.05, 0.1) is 6.54 Å². The van der Waals surface area contributed by atoms with E-state index in [-0.39, 0.29) is 17.5 Å². The van der Waals surface area contributed by atoms with Gasteiger partial charge in [0.1, 0.15) is 12.1 Å². The van der Waals surface area contributed by atoms with E-state index in [2.05, 4.69) is 25.5 Å². The fraction of sp³-hybridized carbons (Fsp3) is 0.0625. The van der Waals surface area contributed by atoms with Crippen molar-refractivity contribution in [3.05, 3.63) is 72.2 Å². The van der Waals surface area contributed by atoms with E-state index in [4.69, 9.17) is 0 Å². The quantitative estimate of drug-likeness (QED) is 0.613. The zero-order valence-electron chi connectivity index (χ0n) is 12.9. The Hall–Kier alpha value is -3.62. The molecule has 0 aliphatic rings. The van der Waals surface area contributed by atoms with Gasteiger partial charge in [-0.1, -0.05) is 12.1 Å². The van der Waals surface area contributed by atoms with E-state index in [1.54, 1.807) is 36.7 Å². The minimum absolute atomic E-state index is 0.145. The van der Waals surface area contributed by atoms with Gasteiger partial charge >= 0.3 is 0 Å². The van der Waals surface area contributed by atoms with Gasteiger partial charge in [-0.25, -0.2) is 23.6 Å². The number of carbonyl (C=O) groups excluding carboxylic acids is 1. The van der Waals surface area contributed by atoms with Gasteiger partial charge < -0.3 is 0 Å². The van der Waals surface area contributed by atoms with E-state index in [1.165, 1.54) is 27.7 Å². The molecule has 1 N–H and O–H groups in total. The molecule has 1 amide bonds. The summed E-state index contributed by atoms with van der Waals surface area (Å²) in [5, 5.41) is 10.9. The van der Waals surface area contributed by atoms with Gasteiger partial charge in [-0.2, -0.15) is 5.10 Å². The molecule has 0 spiro atoms. The maximum atomic E-state index is 13.2. The number of aromatic nitrogens is 6. The highest BCUT2D eigenvalue weighted by Gasteiger charge is 2.13. The number of nitrogens with zero attached hydrogens (tertiary/aromatic N) is 6. The van der Waals surface area contributed by atoms with Crippen molar-refractivity contribution >= 4 is 17.5 Å². The number of hydrogen-bond donors (Lipinski definition) is 1. The second kappa shape index (κ2) is 6.11. The van der Waals surface area contributed by atoms with Gasteiger partial charge in [-0.3, -0.25) is 10.1 Å². The molecule has 0 fully saturated rings. The molecule has 3 heterocycles. The van der Waals surface area contributed by atoms with Crippen molar-refractivity contribution in [2.75, 3.05) is 5.32 Å². The highest BCUT2D eigenvalue weighted by molar-refractivity contribution is 6.02. The molecule has 0 unspecified atom stereocenters. The summed E-state index contributed by atoms with van der Waals surface area (Å²) in [4.78, 5) is 20.4. The van der Waals surface area contributed by atoms with Gasteiger partial charge in [0.25, 0.3) is 5.91 Å². The molecule has 3 aromatic heterocycles. The SMILES string of the molecule is O=C(Nc1ncn(Cc2cccc(F)c2)n1)c1cc2ncccn2n1. The molecule has 4 aromatic rings. The molecule has 8 nitrogen and oxygen atoms in total. The predicted octanol–water partition coefficient (Wildman–Crippen LogP) is 1.76. The largest absolute Gasteiger partial charge is 0.288 e. The number of fused-ring (bicyclic) bond motifs is 1. The summed E-state index contributed by atoms with van der Waals surface area (Å²) in [5.74, 6) is -0.605. The summed E-state index contributed by atoms with van der Waals surface area (Å²) in [6.07, 6.45) is 4.78. The Kier molecular flexibility index (Phi) is 3.65. The van der Waals surface area contributed by atoms with Gasteiger partial charge in [-0.05, 0) is 23.8 Å². The van der Waals surface area contributed by atoms with E-state index in [1.807, 2.05) is 0 Å². The lowest BCUT2D eigenvalue weighted by molar-refractivity contribution is 0.102. The lowest BCUT2D eigenvalue weighted by atomic mass is 10.2. The van der Waals surface area contributed by atoms with Crippen molar-refractivity contribution in [3.8, 4) is 0 Å². The molecule has 9 heteroatoms. The summed E-state index contributed by atoms with van der Waals surface area (Å²) >= 11 is 0. The molecule has 0 atom stereocenters. The number of carbonyl (C=O) groups is 1. The number of nitrogens with one attached hydrogen (secondary N) is 1. The van der Waals surface area contributed by atoms with Crippen molar-refractivity contribution < 1.29 is 9.18 Å². The summed E-state index contributed by atoms with van der Waals surface area (Å²) in [6, 6.07) is 9.49. The van der Waals surface area contributed by atoms with Crippen LogP contribution in [0.3, 0.4) is 0 Å². The molecule has 25 heavy (non-hydrogen) atoms. The maximum absolute atomic E-state index is 13.2. The van der Waals surface area contributed by atoms with E-state index < -0.39 is 5.91 Å². The summed E-state index contributed by atoms with van der Waals surface area (Å²) < 4.78 is 16.2. The summed E-state index contributed by atoms with van der Waals surface area (Å²) in [6.45, 7) is 0.346. The van der Waals surface area contributed by atoms with Gasteiger partial charge in [0.2, 0.25) is 5.95 Å². The van der Waals surface area contributed by atoms with Crippen LogP contribution in [0.2, 0.25) is 0 Å². The highest BCUT2D eigenvalue weighted by Crippen LogP contribution is 2.08. The number of amides is 1. The summed E-state index contributed by atoms with van der Waals surface area (Å²) in [7, 11) is 0. The molecule has 0 bridgehead atoms. The summed E-state index contributed by atoms with van der Waals surface area (Å²) in [5.41, 5.74) is 1.52. The average molecular weight is 337 g/mol. The Labute approximate surface area is 141 Å². The standard InChI is InChI=1S/C16H12FN7O/c17-12-4-1-3-11(7-12)9-23-10-19-16(22-23)20-15(25)13-8-14-18-5-2-6-24(14)21-13/h1-8,10H,9H2,(H,20,22,25). The van der Waals surface area contributed by atoms with E-state index in [0.29, 0.717) is 12.2 Å². The monoisotopic (exact) mass is 337 g/mol. The highest BCUT2D eigenvalue weighted by atomic mass is 19.1. The van der Waals surface area contributed by atoms with Crippen LogP contribution < -0.4 is 5.32 Å². The van der Waals surface area contributed by atoms with Crippen molar-refractivity contribution in [3.63, 3.8) is 0 Å². The third-order valence-corrected chi connectivity index (χ3v) is 3.46. The van der Waals surface area contributed by atoms with Crippen LogP contribution in [0.15, 0.2) is 55.1 Å². The number of halogens is 1. The van der Waals surface area contributed by atoms with Crippen LogP contribution >= 0.6 is 0 Å². The van der Waals surface area contributed by atoms with Gasteiger partial charge in [-0.15, -0.1) is 5.10 Å². The predicted molar refractivity (Wildman–Crippen MR) is 86.5 cm³/mol. The van der Waals surface area contributed by atoms with Crippen LogP contribution in [0.1, 0.15) is 16.1 Å². The molecule has 1 aromatic carbocycles. The zero-order chi connectivity index (χ0) is 17.2. The first-order valence-electron chi connectivity index (χ1n) is 7.43. The maximum Gasteiger partial charge on any atom is 0.278 e. The Morgan fingerprint density at radius 2 is 2.08 bits per heavy atom. The van der Waals surface area contributed by atoms with Crippen LogP contribution in [-0.4, -0.2) is 35.3 Å². The first kappa shape index (κ1) is 14.9. The Morgan fingerprint density at radius 1 is 1.16 bits per heavy atom. The third-order valence-electron chi connectivity index (χ3n) is 3.46. The topological polar surface area (TPSA) is 90.0 Å². The van der Waals surface area contributed by atoms with Crippen LogP contribution in [0.5, 0.6) is 0 Å². The fourth-order valence-electron chi connectivity index (χ4n) is 2.36. The molecule has 0 aliphatic heterocycles. The minimum Gasteiger partial charge on any atom is -0.288 e. The molecule has 124 valence electrons. The van der Waals surface area contributed by atoms with Crippen molar-refractivity contribution in [1.82, 2.24) is 29.4 Å². The smallest absolute Gasteiger partial charge is 0.278 e. The molecular weight excluding hydrogens is 325 g/mol. The van der Waals surface area contributed by atoms with Crippen LogP contribution in [0, 0.1) is 5.82 Å². The Balaban J connectivity index is 1.47. The number of benzene rings is 1. The molecule has 0 aliphatic carbocycles. The molecule has 4 rings (SSSR count). The van der Waals surface area contributed by atoms with Crippen LogP contribution in [0.25, 0.3) is 5.65 Å². The van der Waals surface area contributed by atoms with E-state index in [9.17, 15) is 9.18 Å². The Bertz CT molecular complexity index is 1020. The fourth-order valence-corrected chi connectivity index (χ4v) is 2.36. The minimum atomic E-state index is -0.436. The second-order valence-electron chi connectivity index (χ2n) is 5.30. The van der Waals surface area contributed by atoms with Gasteiger partial charge in [0.15, 0.2) is 11.3 Å². The first-order valence-corrected chi connectivity index (χ1v) is 7.43. The Morgan fingerprint density at radius 3 is 2.92 bits per heavy atom. The van der Waals surface area contributed by atoms with Crippen LogP contribution in [0.4, 0.5) is 10.3 Å². The first-order chi connectivity index (χ1) is 12.2. The van der Waals surface area contributed by atoms with Crippen molar-refractivity contribution in [2.45, 2.75) is 6.54 Å². The van der Waals surface area contributed by atoms with E-state index in [0.717, 1.165) is 5.56 Å². The number of rotatable bonds is 4. The third kappa shape index (κ3) is 3.20. The van der Waals surface area contributed by atoms with Crippen LogP contribution in [-0.2, 0) is 6.54 Å². The molecular formula is C16H12FN7O.